The van der Waals surface area contributed by atoms with Crippen LogP contribution in [0.25, 0.3) is 0 Å². The van der Waals surface area contributed by atoms with E-state index >= 15 is 0 Å². The van der Waals surface area contributed by atoms with Crippen LogP contribution < -0.4 is 10.6 Å². The third kappa shape index (κ3) is 2.55. The highest BCUT2D eigenvalue weighted by atomic mass is 16.2. The minimum absolute atomic E-state index is 0.271. The van der Waals surface area contributed by atoms with Crippen molar-refractivity contribution in [1.29, 1.82) is 0 Å². The first-order valence-corrected chi connectivity index (χ1v) is 8.54. The number of piperidine rings is 1. The number of nitrogens with zero attached hydrogens (tertiary/aromatic N) is 2. The van der Waals surface area contributed by atoms with Crippen molar-refractivity contribution in [3.8, 4) is 0 Å². The van der Waals surface area contributed by atoms with Gasteiger partial charge >= 0.3 is 0 Å². The summed E-state index contributed by atoms with van der Waals surface area (Å²) in [5.74, 6) is 2.09. The monoisotopic (exact) mass is 299 g/mol. The molecule has 2 heterocycles. The summed E-state index contributed by atoms with van der Waals surface area (Å²) in [5, 5.41) is 0. The van der Waals surface area contributed by atoms with E-state index in [1.165, 1.54) is 12.8 Å². The maximum atomic E-state index is 12.3. The Kier molecular flexibility index (Phi) is 3.66. The topological polar surface area (TPSA) is 49.6 Å². The fourth-order valence-corrected chi connectivity index (χ4v) is 4.64. The van der Waals surface area contributed by atoms with E-state index in [9.17, 15) is 4.79 Å². The molecule has 1 saturated carbocycles. The summed E-state index contributed by atoms with van der Waals surface area (Å²) in [6.07, 6.45) is 3.27. The largest absolute Gasteiger partial charge is 0.327 e. The molecule has 1 aromatic rings. The Hall–Kier alpha value is -1.39. The number of benzene rings is 1. The number of carbonyl (C=O) groups excluding carboxylic acids is 1. The molecule has 0 radical (unpaired) electrons. The van der Waals surface area contributed by atoms with Crippen molar-refractivity contribution in [3.05, 3.63) is 30.3 Å². The second-order valence-electron chi connectivity index (χ2n) is 7.30. The number of amides is 1. The van der Waals surface area contributed by atoms with Gasteiger partial charge in [0.1, 0.15) is 0 Å². The van der Waals surface area contributed by atoms with Gasteiger partial charge in [-0.3, -0.25) is 4.79 Å². The molecule has 1 unspecified atom stereocenters. The van der Waals surface area contributed by atoms with Crippen LogP contribution in [-0.2, 0) is 4.79 Å². The van der Waals surface area contributed by atoms with Gasteiger partial charge < -0.3 is 15.5 Å². The molecular formula is C18H25N3O. The Morgan fingerprint density at radius 3 is 2.41 bits per heavy atom. The predicted octanol–water partition coefficient (Wildman–Crippen LogP) is 1.71. The zero-order valence-electron chi connectivity index (χ0n) is 13.0. The van der Waals surface area contributed by atoms with Crippen molar-refractivity contribution in [3.63, 3.8) is 0 Å². The van der Waals surface area contributed by atoms with Gasteiger partial charge in [-0.25, -0.2) is 0 Å². The Morgan fingerprint density at radius 2 is 1.73 bits per heavy atom. The van der Waals surface area contributed by atoms with Crippen LogP contribution in [0.3, 0.4) is 0 Å². The number of nitrogens with two attached hydrogens (primary N) is 1. The van der Waals surface area contributed by atoms with Crippen molar-refractivity contribution in [2.45, 2.75) is 25.3 Å². The fourth-order valence-electron chi connectivity index (χ4n) is 4.64. The van der Waals surface area contributed by atoms with Crippen LogP contribution in [0.4, 0.5) is 5.69 Å². The minimum Gasteiger partial charge on any atom is -0.327 e. The van der Waals surface area contributed by atoms with Crippen LogP contribution in [-0.4, -0.2) is 43.0 Å². The van der Waals surface area contributed by atoms with Crippen LogP contribution in [0.15, 0.2) is 30.3 Å². The van der Waals surface area contributed by atoms with Gasteiger partial charge in [0, 0.05) is 44.3 Å². The average molecular weight is 299 g/mol. The quantitative estimate of drug-likeness (QED) is 0.924. The molecule has 4 rings (SSSR count). The van der Waals surface area contributed by atoms with Crippen molar-refractivity contribution in [2.75, 3.05) is 31.1 Å². The van der Waals surface area contributed by atoms with Crippen LogP contribution in [0.1, 0.15) is 19.3 Å². The SMILES string of the molecule is NC1[C@@H]2CC[C@H]1CN(C[C@@H]1CC(=O)N(c3ccccc3)C1)C2. The Labute approximate surface area is 132 Å². The third-order valence-electron chi connectivity index (χ3n) is 5.77. The summed E-state index contributed by atoms with van der Waals surface area (Å²) in [7, 11) is 0. The highest BCUT2D eigenvalue weighted by Gasteiger charge is 2.41. The first kappa shape index (κ1) is 14.2. The van der Waals surface area contributed by atoms with Gasteiger partial charge in [0.2, 0.25) is 5.91 Å². The van der Waals surface area contributed by atoms with Crippen molar-refractivity contribution in [2.24, 2.45) is 23.5 Å². The molecule has 22 heavy (non-hydrogen) atoms. The molecular weight excluding hydrogens is 274 g/mol. The lowest BCUT2D eigenvalue weighted by Crippen LogP contribution is -2.50. The summed E-state index contributed by atoms with van der Waals surface area (Å²) in [5.41, 5.74) is 7.32. The molecule has 1 aromatic carbocycles. The number of rotatable bonds is 3. The Morgan fingerprint density at radius 1 is 1.05 bits per heavy atom. The maximum Gasteiger partial charge on any atom is 0.227 e. The van der Waals surface area contributed by atoms with E-state index in [0.29, 0.717) is 30.2 Å². The molecule has 4 atom stereocenters. The van der Waals surface area contributed by atoms with Crippen molar-refractivity contribution >= 4 is 11.6 Å². The summed E-state index contributed by atoms with van der Waals surface area (Å²) in [6.45, 7) is 4.18. The molecule has 1 aliphatic carbocycles. The van der Waals surface area contributed by atoms with E-state index < -0.39 is 0 Å². The minimum atomic E-state index is 0.271. The average Bonchev–Trinajstić information content (AvgIpc) is 2.96. The van der Waals surface area contributed by atoms with Gasteiger partial charge in [0.15, 0.2) is 0 Å². The summed E-state index contributed by atoms with van der Waals surface area (Å²) in [6, 6.07) is 10.5. The number of likely N-dealkylation sites (tertiary alicyclic amines) is 1. The van der Waals surface area contributed by atoms with Crippen LogP contribution in [0, 0.1) is 17.8 Å². The lowest BCUT2D eigenvalue weighted by molar-refractivity contribution is -0.117. The van der Waals surface area contributed by atoms with Gasteiger partial charge in [-0.2, -0.15) is 0 Å². The molecule has 1 amide bonds. The van der Waals surface area contributed by atoms with Gasteiger partial charge in [-0.05, 0) is 42.7 Å². The molecule has 118 valence electrons. The molecule has 2 bridgehead atoms. The summed E-state index contributed by atoms with van der Waals surface area (Å²) in [4.78, 5) is 16.8. The van der Waals surface area contributed by atoms with E-state index in [1.807, 2.05) is 35.2 Å². The lowest BCUT2D eigenvalue weighted by Gasteiger charge is -2.37. The fraction of sp³-hybridized carbons (Fsp3) is 0.611. The smallest absolute Gasteiger partial charge is 0.227 e. The molecule has 4 heteroatoms. The maximum absolute atomic E-state index is 12.3. The van der Waals surface area contributed by atoms with E-state index in [0.717, 1.165) is 31.9 Å². The number of carbonyl (C=O) groups is 1. The van der Waals surface area contributed by atoms with Crippen molar-refractivity contribution in [1.82, 2.24) is 4.90 Å². The van der Waals surface area contributed by atoms with Gasteiger partial charge in [-0.1, -0.05) is 18.2 Å². The number of anilines is 1. The number of hydrogen-bond acceptors (Lipinski definition) is 3. The van der Waals surface area contributed by atoms with Crippen molar-refractivity contribution < 1.29 is 4.79 Å². The zero-order valence-corrected chi connectivity index (χ0v) is 13.0. The van der Waals surface area contributed by atoms with Gasteiger partial charge in [0.25, 0.3) is 0 Å². The standard InChI is InChI=1S/C18H25N3O/c19-18-14-6-7-15(18)12-20(11-14)9-13-8-17(22)21(10-13)16-4-2-1-3-5-16/h1-5,13-15,18H,6-12,19H2/t13-,14-,15+,18?/m0/s1. The van der Waals surface area contributed by atoms with Crippen LogP contribution in [0.5, 0.6) is 0 Å². The highest BCUT2D eigenvalue weighted by Crippen LogP contribution is 2.36. The first-order chi connectivity index (χ1) is 10.7. The Balaban J connectivity index is 1.38. The highest BCUT2D eigenvalue weighted by molar-refractivity contribution is 5.95. The number of fused-ring (bicyclic) bond motifs is 2. The number of hydrogen-bond donors (Lipinski definition) is 1. The summed E-state index contributed by atoms with van der Waals surface area (Å²) >= 11 is 0. The Bertz CT molecular complexity index is 533. The first-order valence-electron chi connectivity index (χ1n) is 8.54. The number of para-hydroxylation sites is 1. The molecule has 3 aliphatic rings. The second kappa shape index (κ2) is 5.67. The van der Waals surface area contributed by atoms with Crippen LogP contribution >= 0.6 is 0 Å². The van der Waals surface area contributed by atoms with E-state index in [4.69, 9.17) is 5.73 Å². The molecule has 0 aromatic heterocycles. The normalized spacial score (nSPS) is 35.3. The molecule has 2 N–H and O–H groups in total. The predicted molar refractivity (Wildman–Crippen MR) is 87.5 cm³/mol. The molecule has 4 nitrogen and oxygen atoms in total. The molecule has 2 aliphatic heterocycles. The zero-order chi connectivity index (χ0) is 15.1. The van der Waals surface area contributed by atoms with E-state index in [2.05, 4.69) is 4.90 Å². The molecule has 2 saturated heterocycles. The van der Waals surface area contributed by atoms with E-state index in [-0.39, 0.29) is 5.91 Å². The van der Waals surface area contributed by atoms with Crippen LogP contribution in [0.2, 0.25) is 0 Å². The molecule has 3 fully saturated rings. The molecule has 0 spiro atoms. The van der Waals surface area contributed by atoms with E-state index in [1.54, 1.807) is 0 Å². The summed E-state index contributed by atoms with van der Waals surface area (Å²) < 4.78 is 0. The third-order valence-corrected chi connectivity index (χ3v) is 5.77. The van der Waals surface area contributed by atoms with Gasteiger partial charge in [-0.15, -0.1) is 0 Å². The van der Waals surface area contributed by atoms with Gasteiger partial charge in [0.05, 0.1) is 0 Å². The second-order valence-corrected chi connectivity index (χ2v) is 7.30. The lowest BCUT2D eigenvalue weighted by atomic mass is 9.92.